The summed E-state index contributed by atoms with van der Waals surface area (Å²) in [4.78, 5) is 24.9. The zero-order chi connectivity index (χ0) is 22.5. The molecule has 3 aromatic rings. The molecule has 1 aliphatic carbocycles. The molecule has 0 saturated carbocycles. The minimum Gasteiger partial charge on any atom is -0.423 e. The summed E-state index contributed by atoms with van der Waals surface area (Å²) in [6, 6.07) is 18.0. The van der Waals surface area contributed by atoms with Crippen molar-refractivity contribution < 1.29 is 19.1 Å². The summed E-state index contributed by atoms with van der Waals surface area (Å²) in [7, 11) is 0. The van der Waals surface area contributed by atoms with Crippen molar-refractivity contribution in [3.05, 3.63) is 107 Å². The van der Waals surface area contributed by atoms with Crippen molar-refractivity contribution >= 4 is 22.7 Å². The number of carbonyl (C=O) groups is 2. The molecule has 0 heterocycles. The fraction of sp³-hybridized carbons (Fsp3) is 0.143. The third-order valence-corrected chi connectivity index (χ3v) is 5.25. The fourth-order valence-corrected chi connectivity index (χ4v) is 3.41. The topological polar surface area (TPSA) is 52.6 Å². The summed E-state index contributed by atoms with van der Waals surface area (Å²) in [5, 5.41) is 1.76. The third-order valence-electron chi connectivity index (χ3n) is 5.25. The normalized spacial score (nSPS) is 16.2. The fourth-order valence-electron chi connectivity index (χ4n) is 3.41. The molecule has 0 N–H and O–H groups in total. The molecule has 0 fully saturated rings. The molecular formula is C28H24O4. The third kappa shape index (κ3) is 5.22. The molecule has 32 heavy (non-hydrogen) atoms. The Balaban J connectivity index is 1.47. The zero-order valence-corrected chi connectivity index (χ0v) is 18.1. The van der Waals surface area contributed by atoms with Crippen LogP contribution < -0.4 is 9.47 Å². The molecule has 4 heteroatoms. The van der Waals surface area contributed by atoms with Crippen LogP contribution >= 0.6 is 0 Å². The lowest BCUT2D eigenvalue weighted by Crippen LogP contribution is -2.10. The molecule has 0 amide bonds. The number of carbonyl (C=O) groups excluding carboxylic acids is 2. The van der Waals surface area contributed by atoms with E-state index in [1.54, 1.807) is 42.5 Å². The van der Waals surface area contributed by atoms with Crippen molar-refractivity contribution in [3.63, 3.8) is 0 Å². The van der Waals surface area contributed by atoms with Crippen LogP contribution in [-0.4, -0.2) is 11.9 Å². The Morgan fingerprint density at radius 1 is 0.688 bits per heavy atom. The van der Waals surface area contributed by atoms with E-state index in [0.29, 0.717) is 22.6 Å². The van der Waals surface area contributed by atoms with Gasteiger partial charge in [-0.25, -0.2) is 9.59 Å². The van der Waals surface area contributed by atoms with Crippen molar-refractivity contribution in [1.29, 1.82) is 0 Å². The monoisotopic (exact) mass is 424 g/mol. The molecule has 3 aromatic carbocycles. The second-order valence-corrected chi connectivity index (χ2v) is 7.83. The molecule has 4 nitrogen and oxygen atoms in total. The molecule has 0 aliphatic heterocycles. The van der Waals surface area contributed by atoms with E-state index in [4.69, 9.17) is 9.47 Å². The number of fused-ring (bicyclic) bond motifs is 1. The Morgan fingerprint density at radius 3 is 1.94 bits per heavy atom. The van der Waals surface area contributed by atoms with Crippen LogP contribution in [0, 0.1) is 6.92 Å². The predicted octanol–water partition coefficient (Wildman–Crippen LogP) is 6.50. The molecule has 0 aromatic heterocycles. The number of esters is 2. The van der Waals surface area contributed by atoms with Gasteiger partial charge in [0.2, 0.25) is 0 Å². The average molecular weight is 424 g/mol. The second-order valence-electron chi connectivity index (χ2n) is 7.83. The van der Waals surface area contributed by atoms with Gasteiger partial charge in [-0.2, -0.15) is 0 Å². The van der Waals surface area contributed by atoms with Crippen molar-refractivity contribution in [1.82, 2.24) is 0 Å². The van der Waals surface area contributed by atoms with E-state index in [2.05, 4.69) is 6.08 Å². The highest BCUT2D eigenvalue weighted by molar-refractivity contribution is 5.94. The van der Waals surface area contributed by atoms with Crippen molar-refractivity contribution in [3.8, 4) is 11.5 Å². The summed E-state index contributed by atoms with van der Waals surface area (Å²) >= 11 is 0. The van der Waals surface area contributed by atoms with Gasteiger partial charge in [0.15, 0.2) is 0 Å². The minimum atomic E-state index is -0.402. The first-order chi connectivity index (χ1) is 15.5. The summed E-state index contributed by atoms with van der Waals surface area (Å²) in [5.74, 6) is 0.149. The Labute approximate surface area is 187 Å². The molecule has 0 bridgehead atoms. The van der Waals surface area contributed by atoms with Gasteiger partial charge < -0.3 is 9.47 Å². The van der Waals surface area contributed by atoms with Crippen LogP contribution in [0.3, 0.4) is 0 Å². The molecule has 0 saturated heterocycles. The minimum absolute atomic E-state index is 0.376. The number of hydrogen-bond acceptors (Lipinski definition) is 4. The van der Waals surface area contributed by atoms with E-state index in [-0.39, 0.29) is 5.97 Å². The Morgan fingerprint density at radius 2 is 1.28 bits per heavy atom. The number of ether oxygens (including phenoxy) is 2. The van der Waals surface area contributed by atoms with Crippen LogP contribution in [0.5, 0.6) is 11.5 Å². The number of hydrogen-bond donors (Lipinski definition) is 0. The van der Waals surface area contributed by atoms with E-state index in [1.807, 2.05) is 50.3 Å². The lowest BCUT2D eigenvalue weighted by Gasteiger charge is -2.09. The molecule has 0 radical (unpaired) electrons. The SMILES string of the molecule is CC1=C/CCC=C(C(=O)Oc2ccc3cc(OC(=O)c4ccc(C)cc4)ccc3c2)/C=C\1. The maximum absolute atomic E-state index is 12.6. The van der Waals surface area contributed by atoms with Gasteiger partial charge in [0, 0.05) is 0 Å². The van der Waals surface area contributed by atoms with E-state index in [9.17, 15) is 9.59 Å². The largest absolute Gasteiger partial charge is 0.423 e. The van der Waals surface area contributed by atoms with Crippen LogP contribution in [0.2, 0.25) is 0 Å². The molecule has 0 atom stereocenters. The maximum atomic E-state index is 12.6. The van der Waals surface area contributed by atoms with E-state index < -0.39 is 5.97 Å². The van der Waals surface area contributed by atoms with Gasteiger partial charge in [0.05, 0.1) is 11.1 Å². The van der Waals surface area contributed by atoms with Crippen molar-refractivity contribution in [2.45, 2.75) is 26.7 Å². The molecule has 160 valence electrons. The first-order valence-electron chi connectivity index (χ1n) is 10.6. The van der Waals surface area contributed by atoms with Gasteiger partial charge in [-0.05, 0) is 79.9 Å². The average Bonchev–Trinajstić information content (AvgIpc) is 2.77. The van der Waals surface area contributed by atoms with Gasteiger partial charge in [0.1, 0.15) is 11.5 Å². The van der Waals surface area contributed by atoms with Crippen LogP contribution in [0.25, 0.3) is 10.8 Å². The highest BCUT2D eigenvalue weighted by atomic mass is 16.5. The maximum Gasteiger partial charge on any atom is 0.343 e. The van der Waals surface area contributed by atoms with Crippen LogP contribution in [0.1, 0.15) is 35.7 Å². The van der Waals surface area contributed by atoms with Gasteiger partial charge in [-0.3, -0.25) is 0 Å². The summed E-state index contributed by atoms with van der Waals surface area (Å²) < 4.78 is 11.1. The first kappa shape index (κ1) is 21.3. The van der Waals surface area contributed by atoms with Gasteiger partial charge in [-0.1, -0.05) is 53.6 Å². The van der Waals surface area contributed by atoms with Gasteiger partial charge >= 0.3 is 11.9 Å². The quantitative estimate of drug-likeness (QED) is 0.355. The van der Waals surface area contributed by atoms with E-state index in [1.165, 1.54) is 0 Å². The highest BCUT2D eigenvalue weighted by Gasteiger charge is 2.12. The van der Waals surface area contributed by atoms with E-state index in [0.717, 1.165) is 34.8 Å². The Bertz CT molecular complexity index is 1260. The lowest BCUT2D eigenvalue weighted by atomic mass is 10.1. The van der Waals surface area contributed by atoms with Crippen LogP contribution in [-0.2, 0) is 4.79 Å². The molecule has 4 rings (SSSR count). The first-order valence-corrected chi connectivity index (χ1v) is 10.6. The molecular weight excluding hydrogens is 400 g/mol. The molecule has 0 unspecified atom stereocenters. The summed E-state index contributed by atoms with van der Waals surface area (Å²) in [5.41, 5.74) is 3.27. The molecule has 1 aliphatic rings. The number of rotatable bonds is 4. The van der Waals surface area contributed by atoms with Gasteiger partial charge in [-0.15, -0.1) is 0 Å². The number of benzene rings is 3. The number of aryl methyl sites for hydroxylation is 1. The molecule has 0 spiro atoms. The van der Waals surface area contributed by atoms with Crippen molar-refractivity contribution in [2.75, 3.05) is 0 Å². The zero-order valence-electron chi connectivity index (χ0n) is 18.1. The second kappa shape index (κ2) is 9.48. The lowest BCUT2D eigenvalue weighted by molar-refractivity contribution is -0.129. The van der Waals surface area contributed by atoms with Crippen molar-refractivity contribution in [2.24, 2.45) is 0 Å². The van der Waals surface area contributed by atoms with E-state index >= 15 is 0 Å². The Hall–Kier alpha value is -3.92. The van der Waals surface area contributed by atoms with Crippen LogP contribution in [0.15, 0.2) is 96.1 Å². The summed E-state index contributed by atoms with van der Waals surface area (Å²) in [6.45, 7) is 3.98. The standard InChI is InChI=1S/C28H24O4/c1-19-5-3-4-6-21(10-7-19)27(29)31-25-15-13-24-18-26(16-14-23(24)17-25)32-28(30)22-11-8-20(2)9-12-22/h5-18H,3-4H2,1-2H3/b10-7-,19-5-,21-6?. The van der Waals surface area contributed by atoms with Gasteiger partial charge in [0.25, 0.3) is 0 Å². The summed E-state index contributed by atoms with van der Waals surface area (Å²) in [6.07, 6.45) is 9.46. The highest BCUT2D eigenvalue weighted by Crippen LogP contribution is 2.26. The Kier molecular flexibility index (Phi) is 6.31. The smallest absolute Gasteiger partial charge is 0.343 e. The predicted molar refractivity (Wildman–Crippen MR) is 126 cm³/mol. The number of allylic oxidation sites excluding steroid dienone is 4. The van der Waals surface area contributed by atoms with Crippen LogP contribution in [0.4, 0.5) is 0 Å².